The Hall–Kier alpha value is -1.64. The Kier molecular flexibility index (Phi) is 5.84. The minimum atomic E-state index is -3.53. The highest BCUT2D eigenvalue weighted by atomic mass is 32.2. The van der Waals surface area contributed by atoms with Crippen molar-refractivity contribution >= 4 is 21.8 Å². The molecule has 8 heteroatoms. The fraction of sp³-hybridized carbons (Fsp3) is 0.562. The van der Waals surface area contributed by atoms with E-state index in [1.807, 2.05) is 4.90 Å². The molecular weight excluding hydrogens is 328 g/mol. The molecule has 0 bridgehead atoms. The van der Waals surface area contributed by atoms with Gasteiger partial charge in [-0.25, -0.2) is 0 Å². The Labute approximate surface area is 144 Å². The van der Waals surface area contributed by atoms with Gasteiger partial charge in [-0.15, -0.1) is 0 Å². The van der Waals surface area contributed by atoms with Crippen LogP contribution in [0.2, 0.25) is 0 Å². The van der Waals surface area contributed by atoms with Gasteiger partial charge in [-0.3, -0.25) is 9.10 Å². The molecule has 0 radical (unpaired) electrons. The number of likely N-dealkylation sites (N-methyl/N-ethyl adjacent to an activating group) is 1. The second kappa shape index (κ2) is 7.50. The van der Waals surface area contributed by atoms with E-state index in [0.29, 0.717) is 11.3 Å². The molecule has 1 aromatic carbocycles. The lowest BCUT2D eigenvalue weighted by atomic mass is 10.1. The molecule has 1 aliphatic heterocycles. The third-order valence-electron chi connectivity index (χ3n) is 4.39. The van der Waals surface area contributed by atoms with Crippen molar-refractivity contribution in [3.63, 3.8) is 0 Å². The zero-order valence-electron chi connectivity index (χ0n) is 14.8. The smallest absolute Gasteiger partial charge is 0.303 e. The number of hydrogen-bond donors (Lipinski definition) is 0. The van der Waals surface area contributed by atoms with Crippen molar-refractivity contribution < 1.29 is 13.2 Å². The van der Waals surface area contributed by atoms with Gasteiger partial charge in [0.15, 0.2) is 0 Å². The quantitative estimate of drug-likeness (QED) is 0.781. The highest BCUT2D eigenvalue weighted by molar-refractivity contribution is 7.90. The summed E-state index contributed by atoms with van der Waals surface area (Å²) in [6.45, 7) is 6.36. The molecular formula is C16H26N4O3S. The summed E-state index contributed by atoms with van der Waals surface area (Å²) < 4.78 is 26.6. The second-order valence-corrected chi connectivity index (χ2v) is 8.20. The van der Waals surface area contributed by atoms with Crippen molar-refractivity contribution in [3.05, 3.63) is 29.8 Å². The molecule has 7 nitrogen and oxygen atoms in total. The van der Waals surface area contributed by atoms with E-state index in [2.05, 4.69) is 11.8 Å². The number of amides is 1. The third kappa shape index (κ3) is 3.88. The van der Waals surface area contributed by atoms with Gasteiger partial charge in [0.2, 0.25) is 0 Å². The predicted octanol–water partition coefficient (Wildman–Crippen LogP) is 0.707. The Morgan fingerprint density at radius 1 is 1.04 bits per heavy atom. The van der Waals surface area contributed by atoms with Crippen molar-refractivity contribution in [2.75, 3.05) is 58.2 Å². The van der Waals surface area contributed by atoms with Gasteiger partial charge in [-0.2, -0.15) is 12.7 Å². The van der Waals surface area contributed by atoms with E-state index in [9.17, 15) is 13.2 Å². The molecule has 134 valence electrons. The number of anilines is 1. The van der Waals surface area contributed by atoms with Gasteiger partial charge in [0.05, 0.1) is 5.69 Å². The first-order valence-electron chi connectivity index (χ1n) is 8.05. The van der Waals surface area contributed by atoms with Crippen LogP contribution in [0.5, 0.6) is 0 Å². The van der Waals surface area contributed by atoms with Crippen LogP contribution in [0.1, 0.15) is 17.3 Å². The SMILES string of the molecule is CCN1CCN(C(=O)c2ccc(N(C)S(=O)(=O)N(C)C)cc2)CC1. The van der Waals surface area contributed by atoms with Crippen LogP contribution in [0.3, 0.4) is 0 Å². The number of benzene rings is 1. The van der Waals surface area contributed by atoms with Gasteiger partial charge >= 0.3 is 10.2 Å². The van der Waals surface area contributed by atoms with E-state index in [-0.39, 0.29) is 5.91 Å². The molecule has 0 atom stereocenters. The summed E-state index contributed by atoms with van der Waals surface area (Å²) >= 11 is 0. The lowest BCUT2D eigenvalue weighted by molar-refractivity contribution is 0.0643. The molecule has 0 spiro atoms. The summed E-state index contributed by atoms with van der Waals surface area (Å²) in [7, 11) is 0.941. The molecule has 2 rings (SSSR count). The molecule has 1 amide bonds. The van der Waals surface area contributed by atoms with Crippen LogP contribution >= 0.6 is 0 Å². The molecule has 0 aromatic heterocycles. The van der Waals surface area contributed by atoms with Crippen LogP contribution in [0.25, 0.3) is 0 Å². The van der Waals surface area contributed by atoms with Crippen molar-refractivity contribution in [1.82, 2.24) is 14.1 Å². The van der Waals surface area contributed by atoms with Crippen molar-refractivity contribution in [2.45, 2.75) is 6.92 Å². The molecule has 1 aromatic rings. The van der Waals surface area contributed by atoms with Gasteiger partial charge in [0, 0.05) is 52.9 Å². The molecule has 0 N–H and O–H groups in total. The molecule has 0 unspecified atom stereocenters. The summed E-state index contributed by atoms with van der Waals surface area (Å²) in [5, 5.41) is 0. The first-order valence-corrected chi connectivity index (χ1v) is 9.45. The Balaban J connectivity index is 2.08. The van der Waals surface area contributed by atoms with Crippen LogP contribution in [0, 0.1) is 0 Å². The fourth-order valence-corrected chi connectivity index (χ4v) is 3.52. The molecule has 0 aliphatic carbocycles. The lowest BCUT2D eigenvalue weighted by Gasteiger charge is -2.34. The van der Waals surface area contributed by atoms with Gasteiger partial charge in [0.25, 0.3) is 5.91 Å². The van der Waals surface area contributed by atoms with Crippen LogP contribution in [-0.2, 0) is 10.2 Å². The molecule has 1 heterocycles. The van der Waals surface area contributed by atoms with Gasteiger partial charge in [-0.1, -0.05) is 6.92 Å². The number of rotatable bonds is 5. The summed E-state index contributed by atoms with van der Waals surface area (Å²) in [5.74, 6) is -0.00424. The van der Waals surface area contributed by atoms with Crippen molar-refractivity contribution in [2.24, 2.45) is 0 Å². The van der Waals surface area contributed by atoms with E-state index >= 15 is 0 Å². The topological polar surface area (TPSA) is 64.2 Å². The number of hydrogen-bond acceptors (Lipinski definition) is 4. The van der Waals surface area contributed by atoms with Crippen LogP contribution < -0.4 is 4.31 Å². The first-order chi connectivity index (χ1) is 11.3. The summed E-state index contributed by atoms with van der Waals surface area (Å²) in [5.41, 5.74) is 1.11. The number of nitrogens with zero attached hydrogens (tertiary/aromatic N) is 4. The van der Waals surface area contributed by atoms with Crippen LogP contribution in [-0.4, -0.2) is 82.3 Å². The molecule has 1 saturated heterocycles. The standard InChI is InChI=1S/C16H26N4O3S/c1-5-19-10-12-20(13-11-19)16(21)14-6-8-15(9-7-14)18(4)24(22,23)17(2)3/h6-9H,5,10-13H2,1-4H3. The van der Waals surface area contributed by atoms with Gasteiger partial charge in [0.1, 0.15) is 0 Å². The Morgan fingerprint density at radius 2 is 1.58 bits per heavy atom. The Morgan fingerprint density at radius 3 is 2.04 bits per heavy atom. The minimum Gasteiger partial charge on any atom is -0.336 e. The Bertz CT molecular complexity index is 665. The zero-order valence-corrected chi connectivity index (χ0v) is 15.6. The summed E-state index contributed by atoms with van der Waals surface area (Å²) in [6, 6.07) is 6.70. The van der Waals surface area contributed by atoms with Crippen molar-refractivity contribution in [1.29, 1.82) is 0 Å². The number of piperazine rings is 1. The molecule has 0 saturated carbocycles. The highest BCUT2D eigenvalue weighted by Gasteiger charge is 2.23. The lowest BCUT2D eigenvalue weighted by Crippen LogP contribution is -2.48. The van der Waals surface area contributed by atoms with Gasteiger partial charge < -0.3 is 9.80 Å². The second-order valence-electron chi connectivity index (χ2n) is 6.03. The first kappa shape index (κ1) is 18.7. The molecule has 24 heavy (non-hydrogen) atoms. The maximum absolute atomic E-state index is 12.5. The van der Waals surface area contributed by atoms with Gasteiger partial charge in [-0.05, 0) is 30.8 Å². The average molecular weight is 354 g/mol. The van der Waals surface area contributed by atoms with E-state index in [4.69, 9.17) is 0 Å². The van der Waals surface area contributed by atoms with Crippen LogP contribution in [0.15, 0.2) is 24.3 Å². The van der Waals surface area contributed by atoms with E-state index in [1.54, 1.807) is 24.3 Å². The summed E-state index contributed by atoms with van der Waals surface area (Å²) in [4.78, 5) is 16.7. The molecule has 1 fully saturated rings. The average Bonchev–Trinajstić information content (AvgIpc) is 2.60. The zero-order chi connectivity index (χ0) is 17.9. The number of carbonyl (C=O) groups excluding carboxylic acids is 1. The predicted molar refractivity (Wildman–Crippen MR) is 95.5 cm³/mol. The van der Waals surface area contributed by atoms with E-state index < -0.39 is 10.2 Å². The minimum absolute atomic E-state index is 0.00424. The monoisotopic (exact) mass is 354 g/mol. The normalized spacial score (nSPS) is 16.5. The van der Waals surface area contributed by atoms with Crippen LogP contribution in [0.4, 0.5) is 5.69 Å². The van der Waals surface area contributed by atoms with E-state index in [0.717, 1.165) is 37.0 Å². The summed E-state index contributed by atoms with van der Waals surface area (Å²) in [6.07, 6.45) is 0. The highest BCUT2D eigenvalue weighted by Crippen LogP contribution is 2.19. The third-order valence-corrected chi connectivity index (χ3v) is 6.22. The largest absolute Gasteiger partial charge is 0.336 e. The maximum atomic E-state index is 12.5. The number of carbonyl (C=O) groups is 1. The van der Waals surface area contributed by atoms with E-state index in [1.165, 1.54) is 25.4 Å². The fourth-order valence-electron chi connectivity index (χ4n) is 2.64. The maximum Gasteiger partial charge on any atom is 0.303 e. The molecule has 1 aliphatic rings. The van der Waals surface area contributed by atoms with Crippen molar-refractivity contribution in [3.8, 4) is 0 Å².